The molecule has 33 heavy (non-hydrogen) atoms. The Hall–Kier alpha value is -4.05. The molecule has 0 radical (unpaired) electrons. The van der Waals surface area contributed by atoms with Crippen molar-refractivity contribution in [2.75, 3.05) is 11.9 Å². The molecule has 4 rings (SSSR count). The lowest BCUT2D eigenvalue weighted by atomic mass is 10.2. The number of benzene rings is 2. The van der Waals surface area contributed by atoms with Crippen LogP contribution in [0.5, 0.6) is 0 Å². The van der Waals surface area contributed by atoms with Gasteiger partial charge in [-0.15, -0.1) is 0 Å². The predicted octanol–water partition coefficient (Wildman–Crippen LogP) is 4.57. The minimum Gasteiger partial charge on any atom is -0.463 e. The molecule has 0 unspecified atom stereocenters. The Morgan fingerprint density at radius 2 is 1.85 bits per heavy atom. The Balaban J connectivity index is 1.51. The van der Waals surface area contributed by atoms with Crippen LogP contribution in [0, 0.1) is 17.5 Å². The van der Waals surface area contributed by atoms with E-state index in [2.05, 4.69) is 15.7 Å². The first-order valence-electron chi connectivity index (χ1n) is 9.45. The number of carbonyl (C=O) groups is 2. The van der Waals surface area contributed by atoms with Crippen molar-refractivity contribution in [3.8, 4) is 17.1 Å². The van der Waals surface area contributed by atoms with E-state index >= 15 is 0 Å². The average molecular weight is 475 g/mol. The van der Waals surface area contributed by atoms with Gasteiger partial charge in [0.1, 0.15) is 5.69 Å². The molecule has 4 aromatic rings. The topological polar surface area (TPSA) is 89.2 Å². The summed E-state index contributed by atoms with van der Waals surface area (Å²) in [5.41, 5.74) is 0.437. The largest absolute Gasteiger partial charge is 0.463 e. The quantitative estimate of drug-likeness (QED) is 0.401. The van der Waals surface area contributed by atoms with E-state index in [4.69, 9.17) is 16.0 Å². The lowest BCUT2D eigenvalue weighted by Crippen LogP contribution is -2.33. The molecule has 168 valence electrons. The van der Waals surface area contributed by atoms with Gasteiger partial charge < -0.3 is 15.1 Å². The molecule has 2 aromatic heterocycles. The summed E-state index contributed by atoms with van der Waals surface area (Å²) in [6, 6.07) is 13.1. The number of nitrogens with one attached hydrogen (secondary N) is 2. The summed E-state index contributed by atoms with van der Waals surface area (Å²) in [4.78, 5) is 24.6. The second kappa shape index (κ2) is 9.21. The minimum absolute atomic E-state index is 0.0341. The molecule has 0 aliphatic carbocycles. The van der Waals surface area contributed by atoms with E-state index in [1.165, 1.54) is 17.0 Å². The summed E-state index contributed by atoms with van der Waals surface area (Å²) >= 11 is 6.06. The van der Waals surface area contributed by atoms with E-state index in [1.807, 2.05) is 0 Å². The Morgan fingerprint density at radius 1 is 1.03 bits per heavy atom. The highest BCUT2D eigenvalue weighted by atomic mass is 35.5. The van der Waals surface area contributed by atoms with Crippen LogP contribution < -0.4 is 10.6 Å². The summed E-state index contributed by atoms with van der Waals surface area (Å²) in [5.74, 6) is -5.76. The van der Waals surface area contributed by atoms with Crippen LogP contribution in [0.3, 0.4) is 0 Å². The van der Waals surface area contributed by atoms with Gasteiger partial charge in [-0.2, -0.15) is 5.10 Å². The zero-order valence-electron chi connectivity index (χ0n) is 16.6. The predicted molar refractivity (Wildman–Crippen MR) is 114 cm³/mol. The third-order valence-corrected chi connectivity index (χ3v) is 4.72. The first kappa shape index (κ1) is 22.2. The molecule has 0 atom stereocenters. The van der Waals surface area contributed by atoms with Crippen LogP contribution in [0.25, 0.3) is 17.1 Å². The molecule has 2 N–H and O–H groups in total. The average Bonchev–Trinajstić information content (AvgIpc) is 3.48. The minimum atomic E-state index is -1.71. The van der Waals surface area contributed by atoms with E-state index in [9.17, 15) is 22.8 Å². The lowest BCUT2D eigenvalue weighted by Gasteiger charge is -2.08. The normalized spacial score (nSPS) is 10.8. The van der Waals surface area contributed by atoms with Crippen LogP contribution >= 0.6 is 11.6 Å². The molecule has 0 bridgehead atoms. The van der Waals surface area contributed by atoms with Crippen LogP contribution in [0.4, 0.5) is 18.9 Å². The van der Waals surface area contributed by atoms with Crippen LogP contribution in [-0.2, 0) is 4.79 Å². The number of aromatic nitrogens is 2. The van der Waals surface area contributed by atoms with Gasteiger partial charge in [0, 0.05) is 11.1 Å². The number of carbonyl (C=O) groups excluding carboxylic acids is 2. The van der Waals surface area contributed by atoms with Gasteiger partial charge in [-0.05, 0) is 42.5 Å². The summed E-state index contributed by atoms with van der Waals surface area (Å²) in [6.07, 6.45) is 1.46. The van der Waals surface area contributed by atoms with E-state index < -0.39 is 41.5 Å². The van der Waals surface area contributed by atoms with E-state index in [-0.39, 0.29) is 5.69 Å². The molecule has 11 heteroatoms. The number of hydrogen-bond acceptors (Lipinski definition) is 4. The second-order valence-electron chi connectivity index (χ2n) is 6.74. The third-order valence-electron chi connectivity index (χ3n) is 4.49. The van der Waals surface area contributed by atoms with Crippen LogP contribution in [0.1, 0.15) is 10.5 Å². The number of furan rings is 1. The number of hydrogen-bond donors (Lipinski definition) is 2. The number of halogens is 4. The number of rotatable bonds is 6. The lowest BCUT2D eigenvalue weighted by molar-refractivity contribution is -0.115. The molecule has 2 amide bonds. The summed E-state index contributed by atoms with van der Waals surface area (Å²) in [6.45, 7) is -0.572. The van der Waals surface area contributed by atoms with E-state index in [1.54, 1.807) is 36.4 Å². The summed E-state index contributed by atoms with van der Waals surface area (Å²) < 4.78 is 46.9. The molecular weight excluding hydrogens is 461 g/mol. The Bertz CT molecular complexity index is 1340. The number of amides is 2. The van der Waals surface area contributed by atoms with Crippen molar-refractivity contribution in [2.45, 2.75) is 0 Å². The van der Waals surface area contributed by atoms with Crippen molar-refractivity contribution in [1.29, 1.82) is 0 Å². The molecule has 2 aromatic carbocycles. The molecule has 0 saturated heterocycles. The SMILES string of the molecule is O=C(CNC(=O)c1cc(-c2ccco2)n(-c2cccc(Cl)c2)n1)Nc1ccc(F)c(F)c1F. The zero-order chi connectivity index (χ0) is 23.5. The highest BCUT2D eigenvalue weighted by molar-refractivity contribution is 6.30. The molecule has 0 spiro atoms. The molecule has 2 heterocycles. The molecule has 7 nitrogen and oxygen atoms in total. The summed E-state index contributed by atoms with van der Waals surface area (Å²) in [5, 5.41) is 9.14. The fourth-order valence-corrected chi connectivity index (χ4v) is 3.15. The zero-order valence-corrected chi connectivity index (χ0v) is 17.4. The van der Waals surface area contributed by atoms with Gasteiger partial charge in [-0.3, -0.25) is 9.59 Å². The standard InChI is InChI=1S/C22H14ClF3N4O3/c23-12-3-1-4-13(9-12)30-17(18-5-2-8-33-18)10-16(29-30)22(32)27-11-19(31)28-15-7-6-14(24)20(25)21(15)26/h1-10H,11H2,(H,27,32)(H,28,31). The Morgan fingerprint density at radius 3 is 2.58 bits per heavy atom. The van der Waals surface area contributed by atoms with Gasteiger partial charge in [0.05, 0.1) is 24.2 Å². The second-order valence-corrected chi connectivity index (χ2v) is 7.17. The van der Waals surface area contributed by atoms with Gasteiger partial charge in [-0.25, -0.2) is 17.9 Å². The van der Waals surface area contributed by atoms with Gasteiger partial charge in [-0.1, -0.05) is 17.7 Å². The Labute approximate surface area is 189 Å². The van der Waals surface area contributed by atoms with Crippen LogP contribution in [-0.4, -0.2) is 28.1 Å². The first-order valence-corrected chi connectivity index (χ1v) is 9.82. The van der Waals surface area contributed by atoms with Gasteiger partial charge in [0.15, 0.2) is 28.9 Å². The smallest absolute Gasteiger partial charge is 0.272 e. The van der Waals surface area contributed by atoms with Crippen molar-refractivity contribution in [3.63, 3.8) is 0 Å². The number of anilines is 1. The first-order chi connectivity index (χ1) is 15.8. The van der Waals surface area contributed by atoms with Gasteiger partial charge >= 0.3 is 0 Å². The maximum Gasteiger partial charge on any atom is 0.272 e. The third kappa shape index (κ3) is 4.75. The fourth-order valence-electron chi connectivity index (χ4n) is 2.96. The fraction of sp³-hybridized carbons (Fsp3) is 0.0455. The van der Waals surface area contributed by atoms with Crippen molar-refractivity contribution in [2.24, 2.45) is 0 Å². The van der Waals surface area contributed by atoms with Gasteiger partial charge in [0.25, 0.3) is 5.91 Å². The van der Waals surface area contributed by atoms with Gasteiger partial charge in [0.2, 0.25) is 5.91 Å². The van der Waals surface area contributed by atoms with Crippen molar-refractivity contribution < 1.29 is 27.2 Å². The Kier molecular flexibility index (Phi) is 6.18. The van der Waals surface area contributed by atoms with E-state index in [0.29, 0.717) is 28.2 Å². The van der Waals surface area contributed by atoms with Crippen molar-refractivity contribution in [1.82, 2.24) is 15.1 Å². The van der Waals surface area contributed by atoms with E-state index in [0.717, 1.165) is 6.07 Å². The highest BCUT2D eigenvalue weighted by Gasteiger charge is 2.20. The molecule has 0 aliphatic rings. The van der Waals surface area contributed by atoms with Crippen molar-refractivity contribution in [3.05, 3.63) is 89.0 Å². The molecular formula is C22H14ClF3N4O3. The van der Waals surface area contributed by atoms with Crippen LogP contribution in [0.2, 0.25) is 5.02 Å². The molecule has 0 fully saturated rings. The maximum atomic E-state index is 13.7. The number of nitrogens with zero attached hydrogens (tertiary/aromatic N) is 2. The van der Waals surface area contributed by atoms with Crippen LogP contribution in [0.15, 0.2) is 65.3 Å². The highest BCUT2D eigenvalue weighted by Crippen LogP contribution is 2.26. The van der Waals surface area contributed by atoms with Crippen molar-refractivity contribution >= 4 is 29.1 Å². The summed E-state index contributed by atoms with van der Waals surface area (Å²) in [7, 11) is 0. The molecule has 0 aliphatic heterocycles. The maximum absolute atomic E-state index is 13.7. The molecule has 0 saturated carbocycles. The monoisotopic (exact) mass is 474 g/mol.